The number of nitrogens with zero attached hydrogens (tertiary/aromatic N) is 1. The zero-order valence-electron chi connectivity index (χ0n) is 30.0. The summed E-state index contributed by atoms with van der Waals surface area (Å²) in [6.07, 6.45) is 7.13. The monoisotopic (exact) mass is 659 g/mol. The summed E-state index contributed by atoms with van der Waals surface area (Å²) in [6.45, 7) is 6.96. The lowest BCUT2D eigenvalue weighted by Gasteiger charge is -2.61. The summed E-state index contributed by atoms with van der Waals surface area (Å²) in [6, 6.07) is 51.2. The number of fused-ring (bicyclic) bond motifs is 6. The molecule has 51 heavy (non-hydrogen) atoms. The number of aromatic nitrogens is 1. The molecule has 6 aromatic carbocycles. The van der Waals surface area contributed by atoms with Crippen LogP contribution in [-0.4, -0.2) is 4.57 Å². The van der Waals surface area contributed by atoms with Crippen LogP contribution in [0.2, 0.25) is 0 Å². The van der Waals surface area contributed by atoms with Crippen molar-refractivity contribution in [2.24, 2.45) is 23.7 Å². The molecule has 0 amide bonds. The molecule has 0 unspecified atom stereocenters. The Labute approximate surface area is 302 Å². The van der Waals surface area contributed by atoms with Gasteiger partial charge in [0.2, 0.25) is 0 Å². The van der Waals surface area contributed by atoms with E-state index in [-0.39, 0.29) is 10.8 Å². The minimum absolute atomic E-state index is 0.0540. The van der Waals surface area contributed by atoms with Gasteiger partial charge in [-0.3, -0.25) is 0 Å². The lowest BCUT2D eigenvalue weighted by atomic mass is 9.43. The summed E-state index contributed by atoms with van der Waals surface area (Å²) >= 11 is 0. The third kappa shape index (κ3) is 4.15. The standard InChI is InChI=1S/C50H45N/c1-49(2,3)36-20-22-42-41-21-19-35(29-46(41)51(47(42)30-36)39-14-9-13-34(28-39)33-11-5-4-6-12-33)40-16-10-18-45-48(40)43-15-7-8-17-44(43)50(45)37-24-31-23-32(26-37)27-38(50)25-31/h4-22,28-32,37-38H,23-27H2,1-3H3. The second-order valence-electron chi connectivity index (χ2n) is 17.4. The average molecular weight is 660 g/mol. The zero-order chi connectivity index (χ0) is 34.1. The van der Waals surface area contributed by atoms with Crippen molar-refractivity contribution in [1.29, 1.82) is 0 Å². The second-order valence-corrected chi connectivity index (χ2v) is 17.4. The van der Waals surface area contributed by atoms with Crippen molar-refractivity contribution in [3.05, 3.63) is 150 Å². The van der Waals surface area contributed by atoms with E-state index < -0.39 is 0 Å². The van der Waals surface area contributed by atoms with Crippen LogP contribution >= 0.6 is 0 Å². The maximum atomic E-state index is 2.53. The largest absolute Gasteiger partial charge is 0.309 e. The van der Waals surface area contributed by atoms with Gasteiger partial charge in [-0.05, 0) is 136 Å². The average Bonchev–Trinajstić information content (AvgIpc) is 3.64. The van der Waals surface area contributed by atoms with Gasteiger partial charge in [0.05, 0.1) is 11.0 Å². The molecular formula is C50H45N. The molecule has 12 rings (SSSR count). The molecule has 4 saturated carbocycles. The lowest BCUT2D eigenvalue weighted by Crippen LogP contribution is -2.55. The SMILES string of the molecule is CC(C)(C)c1ccc2c3ccc(-c4cccc5c4-c4ccccc4C54C5CC6CC(C5)CC4C6)cc3n(-c3cccc(-c4ccccc4)c3)c2c1. The molecule has 4 fully saturated rings. The van der Waals surface area contributed by atoms with Gasteiger partial charge in [-0.25, -0.2) is 0 Å². The van der Waals surface area contributed by atoms with Gasteiger partial charge in [0.15, 0.2) is 0 Å². The van der Waals surface area contributed by atoms with Gasteiger partial charge in [-0.2, -0.15) is 0 Å². The Hall–Kier alpha value is -4.88. The lowest BCUT2D eigenvalue weighted by molar-refractivity contribution is -0.0399. The third-order valence-corrected chi connectivity index (χ3v) is 13.7. The van der Waals surface area contributed by atoms with Crippen molar-refractivity contribution in [2.45, 2.75) is 63.7 Å². The van der Waals surface area contributed by atoms with Gasteiger partial charge in [0.25, 0.3) is 0 Å². The topological polar surface area (TPSA) is 4.93 Å². The number of hydrogen-bond donors (Lipinski definition) is 0. The highest BCUT2D eigenvalue weighted by Crippen LogP contribution is 2.70. The van der Waals surface area contributed by atoms with Crippen LogP contribution in [0.5, 0.6) is 0 Å². The summed E-state index contributed by atoms with van der Waals surface area (Å²) in [7, 11) is 0. The van der Waals surface area contributed by atoms with Gasteiger partial charge in [-0.1, -0.05) is 130 Å². The molecule has 0 aliphatic heterocycles. The van der Waals surface area contributed by atoms with Gasteiger partial charge in [0.1, 0.15) is 0 Å². The molecule has 0 radical (unpaired) electrons. The molecule has 1 nitrogen and oxygen atoms in total. The highest BCUT2D eigenvalue weighted by molar-refractivity contribution is 6.11. The molecular weight excluding hydrogens is 615 g/mol. The Balaban J connectivity index is 1.15. The van der Waals surface area contributed by atoms with E-state index in [1.54, 1.807) is 11.1 Å². The molecule has 0 saturated heterocycles. The predicted octanol–water partition coefficient (Wildman–Crippen LogP) is 13.1. The molecule has 1 heteroatoms. The number of benzene rings is 6. The Morgan fingerprint density at radius 1 is 0.510 bits per heavy atom. The molecule has 7 aromatic rings. The van der Waals surface area contributed by atoms with Crippen molar-refractivity contribution in [3.8, 4) is 39.1 Å². The fourth-order valence-corrected chi connectivity index (χ4v) is 11.8. The van der Waals surface area contributed by atoms with Crippen molar-refractivity contribution in [1.82, 2.24) is 4.57 Å². The molecule has 0 N–H and O–H groups in total. The number of rotatable bonds is 3. The molecule has 250 valence electrons. The highest BCUT2D eigenvalue weighted by Gasteiger charge is 2.61. The molecule has 5 aliphatic rings. The highest BCUT2D eigenvalue weighted by atomic mass is 15.0. The molecule has 5 aliphatic carbocycles. The summed E-state index contributed by atoms with van der Waals surface area (Å²) in [5, 5.41) is 2.62. The van der Waals surface area contributed by atoms with Gasteiger partial charge in [-0.15, -0.1) is 0 Å². The van der Waals surface area contributed by atoms with Crippen molar-refractivity contribution >= 4 is 21.8 Å². The molecule has 0 atom stereocenters. The quantitative estimate of drug-likeness (QED) is 0.178. The van der Waals surface area contributed by atoms with Gasteiger partial charge in [0, 0.05) is 21.9 Å². The van der Waals surface area contributed by atoms with Crippen LogP contribution in [0.1, 0.15) is 69.6 Å². The van der Waals surface area contributed by atoms with Crippen LogP contribution in [0.25, 0.3) is 60.9 Å². The van der Waals surface area contributed by atoms with Crippen LogP contribution in [0.15, 0.2) is 133 Å². The zero-order valence-corrected chi connectivity index (χ0v) is 30.0. The summed E-state index contributed by atoms with van der Waals surface area (Å²) in [5.74, 6) is 3.43. The Bertz CT molecular complexity index is 2490. The molecule has 1 heterocycles. The molecule has 1 aromatic heterocycles. The Morgan fingerprint density at radius 2 is 1.14 bits per heavy atom. The third-order valence-electron chi connectivity index (χ3n) is 13.7. The van der Waals surface area contributed by atoms with Crippen molar-refractivity contribution in [2.75, 3.05) is 0 Å². The van der Waals surface area contributed by atoms with Crippen LogP contribution in [0.4, 0.5) is 0 Å². The first kappa shape index (κ1) is 29.8. The normalized spacial score (nSPS) is 24.5. The Morgan fingerprint density at radius 3 is 1.90 bits per heavy atom. The number of hydrogen-bond acceptors (Lipinski definition) is 0. The Kier molecular flexibility index (Phi) is 6.18. The fourth-order valence-electron chi connectivity index (χ4n) is 11.8. The van der Waals surface area contributed by atoms with E-state index in [1.807, 2.05) is 0 Å². The second kappa shape index (κ2) is 10.6. The smallest absolute Gasteiger partial charge is 0.0547 e. The predicted molar refractivity (Wildman–Crippen MR) is 214 cm³/mol. The van der Waals surface area contributed by atoms with Crippen molar-refractivity contribution in [3.63, 3.8) is 0 Å². The van der Waals surface area contributed by atoms with E-state index in [9.17, 15) is 0 Å². The van der Waals surface area contributed by atoms with Gasteiger partial charge >= 0.3 is 0 Å². The van der Waals surface area contributed by atoms with E-state index >= 15 is 0 Å². The minimum Gasteiger partial charge on any atom is -0.309 e. The van der Waals surface area contributed by atoms with Gasteiger partial charge < -0.3 is 4.57 Å². The minimum atomic E-state index is 0.0540. The molecule has 1 spiro atoms. The maximum Gasteiger partial charge on any atom is 0.0547 e. The molecule has 4 bridgehead atoms. The van der Waals surface area contributed by atoms with Crippen LogP contribution in [0, 0.1) is 23.7 Å². The first-order valence-corrected chi connectivity index (χ1v) is 19.4. The fraction of sp³-hybridized carbons (Fsp3) is 0.280. The van der Waals surface area contributed by atoms with Crippen LogP contribution in [0.3, 0.4) is 0 Å². The summed E-state index contributed by atoms with van der Waals surface area (Å²) in [4.78, 5) is 0. The van der Waals surface area contributed by atoms with E-state index in [2.05, 4.69) is 159 Å². The van der Waals surface area contributed by atoms with E-state index in [0.717, 1.165) is 23.7 Å². The van der Waals surface area contributed by atoms with E-state index in [1.165, 1.54) is 98.5 Å². The van der Waals surface area contributed by atoms with E-state index in [0.29, 0.717) is 0 Å². The first-order valence-electron chi connectivity index (χ1n) is 19.4. The maximum absolute atomic E-state index is 2.53. The summed E-state index contributed by atoms with van der Waals surface area (Å²) < 4.78 is 2.53. The van der Waals surface area contributed by atoms with Crippen molar-refractivity contribution < 1.29 is 0 Å². The van der Waals surface area contributed by atoms with Crippen LogP contribution < -0.4 is 0 Å². The van der Waals surface area contributed by atoms with E-state index in [4.69, 9.17) is 0 Å². The van der Waals surface area contributed by atoms with Crippen LogP contribution in [-0.2, 0) is 10.8 Å². The summed E-state index contributed by atoms with van der Waals surface area (Å²) in [5.41, 5.74) is 16.8. The first-order chi connectivity index (χ1) is 24.9.